The van der Waals surface area contributed by atoms with Gasteiger partial charge in [-0.25, -0.2) is 10.1 Å². The second-order valence-electron chi connectivity index (χ2n) is 11.1. The Bertz CT molecular complexity index is 1050. The van der Waals surface area contributed by atoms with Crippen molar-refractivity contribution in [2.75, 3.05) is 6.54 Å². The van der Waals surface area contributed by atoms with E-state index in [9.17, 15) is 28.0 Å². The molecule has 1 saturated carbocycles. The third-order valence-corrected chi connectivity index (χ3v) is 7.07. The summed E-state index contributed by atoms with van der Waals surface area (Å²) in [5.74, 6) is -0.216. The van der Waals surface area contributed by atoms with Crippen molar-refractivity contribution in [3.8, 4) is 0 Å². The van der Waals surface area contributed by atoms with Gasteiger partial charge in [-0.15, -0.1) is 0 Å². The molecule has 2 aliphatic heterocycles. The van der Waals surface area contributed by atoms with Crippen LogP contribution >= 0.6 is 0 Å². The van der Waals surface area contributed by atoms with Crippen LogP contribution in [-0.4, -0.2) is 81.8 Å². The van der Waals surface area contributed by atoms with Crippen LogP contribution in [0.25, 0.3) is 0 Å². The number of aliphatic imine (C=N–C) groups is 1. The number of rotatable bonds is 5. The summed E-state index contributed by atoms with van der Waals surface area (Å²) in [4.78, 5) is 31.3. The zero-order valence-corrected chi connectivity index (χ0v) is 21.5. The maximum Gasteiger partial charge on any atom is 0.416 e. The number of halogens is 3. The van der Waals surface area contributed by atoms with Crippen molar-refractivity contribution in [1.82, 2.24) is 25.9 Å². The van der Waals surface area contributed by atoms with Crippen molar-refractivity contribution in [3.05, 3.63) is 35.2 Å². The van der Waals surface area contributed by atoms with E-state index in [-0.39, 0.29) is 46.9 Å². The summed E-state index contributed by atoms with van der Waals surface area (Å²) in [6.45, 7) is 8.19. The molecule has 5 atom stereocenters. The summed E-state index contributed by atoms with van der Waals surface area (Å²) in [5.41, 5.74) is -0.805. The van der Waals surface area contributed by atoms with Gasteiger partial charge in [0.25, 0.3) is 0 Å². The van der Waals surface area contributed by atoms with Crippen LogP contribution in [0, 0.1) is 0 Å². The molecule has 4 N–H and O–H groups in total. The van der Waals surface area contributed by atoms with Crippen LogP contribution < -0.4 is 16.0 Å². The molecule has 12 heteroatoms. The van der Waals surface area contributed by atoms with E-state index in [1.165, 1.54) is 13.0 Å². The van der Waals surface area contributed by atoms with Gasteiger partial charge in [0.15, 0.2) is 0 Å². The molecule has 0 radical (unpaired) electrons. The van der Waals surface area contributed by atoms with Crippen LogP contribution in [0.3, 0.4) is 0 Å². The molecule has 0 aromatic carbocycles. The largest absolute Gasteiger partial charge is 0.416 e. The van der Waals surface area contributed by atoms with E-state index in [1.807, 2.05) is 0 Å². The van der Waals surface area contributed by atoms with Crippen molar-refractivity contribution >= 4 is 18.2 Å². The Hall–Kier alpha value is -2.86. The molecule has 9 nitrogen and oxygen atoms in total. The number of fused-ring (bicyclic) bond motifs is 1. The van der Waals surface area contributed by atoms with Crippen molar-refractivity contribution in [3.63, 3.8) is 0 Å². The number of hydrogen-bond acceptors (Lipinski definition) is 7. The monoisotopic (exact) mass is 524 g/mol. The number of carbonyl (C=O) groups is 2. The number of carbonyl (C=O) groups excluding carboxylic acids is 2. The number of hydroxylamine groups is 2. The molecule has 2 aliphatic carbocycles. The van der Waals surface area contributed by atoms with E-state index >= 15 is 0 Å². The normalized spacial score (nSPS) is 30.4. The summed E-state index contributed by atoms with van der Waals surface area (Å²) >= 11 is 0. The standard InChI is InChI=1S/C25H35F3N6O3/c1-14(35)30-19-12-16(32-24(2,3)4)6-8-21(19)33-10-9-18(23(33)36)31-22-17-11-15(25(26,27)28)5-7-20(17)34(37)13-29-22/h5,7,11,13,16,18-21,31-32,37H,6,8-10,12H2,1-4H3,(H,30,35)/t16-,18?,19?,20?,21?/m1/s1. The lowest BCUT2D eigenvalue weighted by atomic mass is 9.84. The van der Waals surface area contributed by atoms with Crippen LogP contribution in [0.1, 0.15) is 53.4 Å². The van der Waals surface area contributed by atoms with Crippen molar-refractivity contribution < 1.29 is 28.0 Å². The van der Waals surface area contributed by atoms with Gasteiger partial charge in [-0.2, -0.15) is 13.2 Å². The molecule has 1 saturated heterocycles. The van der Waals surface area contributed by atoms with E-state index in [2.05, 4.69) is 41.7 Å². The maximum absolute atomic E-state index is 13.5. The third-order valence-electron chi connectivity index (χ3n) is 7.07. The van der Waals surface area contributed by atoms with E-state index in [4.69, 9.17) is 0 Å². The first-order chi connectivity index (χ1) is 17.2. The summed E-state index contributed by atoms with van der Waals surface area (Å²) < 4.78 is 40.0. The highest BCUT2D eigenvalue weighted by Gasteiger charge is 2.43. The lowest BCUT2D eigenvalue weighted by Gasteiger charge is -2.43. The molecule has 2 heterocycles. The maximum atomic E-state index is 13.5. The molecule has 37 heavy (non-hydrogen) atoms. The second-order valence-corrected chi connectivity index (χ2v) is 11.1. The quantitative estimate of drug-likeness (QED) is 0.440. The van der Waals surface area contributed by atoms with Crippen LogP contribution in [-0.2, 0) is 9.59 Å². The van der Waals surface area contributed by atoms with Gasteiger partial charge in [0, 0.05) is 30.6 Å². The first-order valence-corrected chi connectivity index (χ1v) is 12.6. The van der Waals surface area contributed by atoms with Gasteiger partial charge < -0.3 is 20.9 Å². The van der Waals surface area contributed by atoms with Crippen molar-refractivity contribution in [2.45, 2.75) is 95.3 Å². The molecule has 2 fully saturated rings. The Labute approximate surface area is 214 Å². The van der Waals surface area contributed by atoms with Crippen LogP contribution in [0.4, 0.5) is 13.2 Å². The van der Waals surface area contributed by atoms with Crippen molar-refractivity contribution in [1.29, 1.82) is 0 Å². The summed E-state index contributed by atoms with van der Waals surface area (Å²) in [6.07, 6.45) is 2.37. The topological polar surface area (TPSA) is 109 Å². The first-order valence-electron chi connectivity index (χ1n) is 12.6. The lowest BCUT2D eigenvalue weighted by molar-refractivity contribution is -0.133. The number of alkyl halides is 3. The van der Waals surface area contributed by atoms with E-state index in [0.29, 0.717) is 25.8 Å². The van der Waals surface area contributed by atoms with E-state index < -0.39 is 23.8 Å². The smallest absolute Gasteiger partial charge is 0.358 e. The average Bonchev–Trinajstić information content (AvgIpc) is 3.13. The molecule has 0 aromatic rings. The fourth-order valence-electron chi connectivity index (χ4n) is 5.62. The number of amides is 2. The predicted molar refractivity (Wildman–Crippen MR) is 131 cm³/mol. The van der Waals surface area contributed by atoms with Crippen LogP contribution in [0.2, 0.25) is 0 Å². The number of hydrogen-bond donors (Lipinski definition) is 4. The SMILES string of the molecule is CC(=O)NC1C[C@H](NC(C)(C)C)CCC1N1CCC(NC2=C3C=C(C(F)(F)F)C=CC3N(O)C=N2)C1=O. The van der Waals surface area contributed by atoms with Gasteiger partial charge in [-0.1, -0.05) is 12.2 Å². The summed E-state index contributed by atoms with van der Waals surface area (Å²) in [6, 6.07) is -1.70. The van der Waals surface area contributed by atoms with Gasteiger partial charge in [0.05, 0.1) is 17.7 Å². The minimum Gasteiger partial charge on any atom is -0.358 e. The van der Waals surface area contributed by atoms with Crippen LogP contribution in [0.15, 0.2) is 40.2 Å². The first kappa shape index (κ1) is 27.2. The highest BCUT2D eigenvalue weighted by Crippen LogP contribution is 2.35. The molecule has 4 unspecified atom stereocenters. The van der Waals surface area contributed by atoms with Gasteiger partial charge in [-0.3, -0.25) is 14.8 Å². The van der Waals surface area contributed by atoms with Gasteiger partial charge in [0.1, 0.15) is 24.2 Å². The molecular formula is C25H35F3N6O3. The minimum absolute atomic E-state index is 0.0805. The molecule has 0 spiro atoms. The van der Waals surface area contributed by atoms with Crippen LogP contribution in [0.5, 0.6) is 0 Å². The second kappa shape index (κ2) is 10.1. The Morgan fingerprint density at radius 1 is 1.19 bits per heavy atom. The highest BCUT2D eigenvalue weighted by atomic mass is 19.4. The van der Waals surface area contributed by atoms with E-state index in [1.54, 1.807) is 4.90 Å². The number of likely N-dealkylation sites (tertiary alicyclic amines) is 1. The fourth-order valence-corrected chi connectivity index (χ4v) is 5.62. The molecule has 4 rings (SSSR count). The third kappa shape index (κ3) is 6.18. The van der Waals surface area contributed by atoms with Gasteiger partial charge in [-0.05, 0) is 52.5 Å². The minimum atomic E-state index is -4.56. The summed E-state index contributed by atoms with van der Waals surface area (Å²) in [5, 5.41) is 20.4. The molecule has 0 bridgehead atoms. The van der Waals surface area contributed by atoms with Crippen molar-refractivity contribution in [2.24, 2.45) is 4.99 Å². The molecular weight excluding hydrogens is 489 g/mol. The number of allylic oxidation sites excluding steroid dienone is 2. The Balaban J connectivity index is 1.50. The molecule has 4 aliphatic rings. The number of nitrogens with zero attached hydrogens (tertiary/aromatic N) is 3. The average molecular weight is 525 g/mol. The zero-order valence-electron chi connectivity index (χ0n) is 21.5. The highest BCUT2D eigenvalue weighted by molar-refractivity contribution is 5.85. The number of nitrogens with one attached hydrogen (secondary N) is 3. The molecule has 2 amide bonds. The fraction of sp³-hybridized carbons (Fsp3) is 0.640. The zero-order chi connectivity index (χ0) is 27.1. The van der Waals surface area contributed by atoms with Gasteiger partial charge >= 0.3 is 6.18 Å². The Morgan fingerprint density at radius 2 is 1.92 bits per heavy atom. The van der Waals surface area contributed by atoms with Gasteiger partial charge in [0.2, 0.25) is 11.8 Å². The molecule has 0 aromatic heterocycles. The Morgan fingerprint density at radius 3 is 2.57 bits per heavy atom. The predicted octanol–water partition coefficient (Wildman–Crippen LogP) is 2.36. The summed E-state index contributed by atoms with van der Waals surface area (Å²) in [7, 11) is 0. The lowest BCUT2D eigenvalue weighted by Crippen LogP contribution is -2.59. The molecule has 204 valence electrons. The Kier molecular flexibility index (Phi) is 7.44. The van der Waals surface area contributed by atoms with E-state index in [0.717, 1.165) is 30.0 Å².